The summed E-state index contributed by atoms with van der Waals surface area (Å²) >= 11 is 0. The quantitative estimate of drug-likeness (QED) is 0.436. The highest BCUT2D eigenvalue weighted by molar-refractivity contribution is 7.92. The molecule has 0 spiro atoms. The third-order valence-corrected chi connectivity index (χ3v) is 7.43. The molecule has 3 rings (SSSR count). The first-order valence-electron chi connectivity index (χ1n) is 10.8. The van der Waals surface area contributed by atoms with E-state index in [9.17, 15) is 13.2 Å². The maximum absolute atomic E-state index is 13.7. The second-order valence-corrected chi connectivity index (χ2v) is 9.35. The Labute approximate surface area is 200 Å². The van der Waals surface area contributed by atoms with Gasteiger partial charge in [-0.05, 0) is 49.7 Å². The first-order valence-corrected chi connectivity index (χ1v) is 12.3. The van der Waals surface area contributed by atoms with E-state index >= 15 is 0 Å². The summed E-state index contributed by atoms with van der Waals surface area (Å²) in [5, 5.41) is 0. The summed E-state index contributed by atoms with van der Waals surface area (Å²) in [5.74, 6) is 0.748. The summed E-state index contributed by atoms with van der Waals surface area (Å²) < 4.78 is 39.0. The minimum absolute atomic E-state index is 0.0498. The molecule has 0 fully saturated rings. The molecule has 2 aromatic carbocycles. The van der Waals surface area contributed by atoms with Gasteiger partial charge >= 0.3 is 0 Å². The third kappa shape index (κ3) is 5.48. The zero-order chi connectivity index (χ0) is 24.7. The Morgan fingerprint density at radius 2 is 1.74 bits per heavy atom. The van der Waals surface area contributed by atoms with E-state index in [1.807, 2.05) is 6.92 Å². The maximum Gasteiger partial charge on any atom is 0.264 e. The first-order chi connectivity index (χ1) is 16.3. The lowest BCUT2D eigenvalue weighted by atomic mass is 10.2. The number of carbonyl (C=O) groups excluding carboxylic acids is 1. The summed E-state index contributed by atoms with van der Waals surface area (Å²) in [6, 6.07) is 16.9. The molecule has 0 aliphatic rings. The summed E-state index contributed by atoms with van der Waals surface area (Å²) in [4.78, 5) is 19.1. The number of aromatic nitrogens is 1. The molecular weight excluding hydrogens is 454 g/mol. The highest BCUT2D eigenvalue weighted by Gasteiger charge is 2.28. The number of methoxy groups -OCH3 is 2. The van der Waals surface area contributed by atoms with Crippen molar-refractivity contribution in [3.63, 3.8) is 0 Å². The van der Waals surface area contributed by atoms with Crippen molar-refractivity contribution in [1.29, 1.82) is 0 Å². The maximum atomic E-state index is 13.7. The van der Waals surface area contributed by atoms with Crippen molar-refractivity contribution in [2.75, 3.05) is 38.2 Å². The van der Waals surface area contributed by atoms with Gasteiger partial charge in [0.2, 0.25) is 5.88 Å². The number of nitrogens with zero attached hydrogens (tertiary/aromatic N) is 3. The van der Waals surface area contributed by atoms with Crippen LogP contribution in [0.25, 0.3) is 0 Å². The molecule has 8 nitrogen and oxygen atoms in total. The van der Waals surface area contributed by atoms with Crippen LogP contribution in [0.3, 0.4) is 0 Å². The minimum atomic E-state index is -3.91. The number of ether oxygens (including phenoxy) is 2. The van der Waals surface area contributed by atoms with Gasteiger partial charge in [-0.3, -0.25) is 9.10 Å². The number of hydrogen-bond acceptors (Lipinski definition) is 6. The van der Waals surface area contributed by atoms with Crippen LogP contribution in [0.2, 0.25) is 0 Å². The van der Waals surface area contributed by atoms with Gasteiger partial charge in [0.1, 0.15) is 5.75 Å². The lowest BCUT2D eigenvalue weighted by Crippen LogP contribution is -2.41. The van der Waals surface area contributed by atoms with Gasteiger partial charge in [0.25, 0.3) is 15.9 Å². The van der Waals surface area contributed by atoms with Gasteiger partial charge in [0.05, 0.1) is 37.5 Å². The van der Waals surface area contributed by atoms with Crippen molar-refractivity contribution in [3.05, 3.63) is 78.0 Å². The molecular formula is C25H29N3O5S. The van der Waals surface area contributed by atoms with Gasteiger partial charge in [-0.25, -0.2) is 13.4 Å². The monoisotopic (exact) mass is 483 g/mol. The Balaban J connectivity index is 1.93. The molecule has 0 atom stereocenters. The average Bonchev–Trinajstić information content (AvgIpc) is 2.86. The number of rotatable bonds is 10. The SMILES string of the molecule is CCN(CCN(c1ccc(OC)nc1)S(=O)(=O)c1ccccc1C)C(=O)c1cccc(OC)c1. The molecule has 1 aromatic heterocycles. The van der Waals surface area contributed by atoms with Crippen LogP contribution >= 0.6 is 0 Å². The summed E-state index contributed by atoms with van der Waals surface area (Å²) in [7, 11) is -0.881. The molecule has 0 bridgehead atoms. The molecule has 0 saturated carbocycles. The number of hydrogen-bond donors (Lipinski definition) is 0. The lowest BCUT2D eigenvalue weighted by molar-refractivity contribution is 0.0769. The van der Waals surface area contributed by atoms with Crippen LogP contribution in [0.5, 0.6) is 11.6 Å². The molecule has 0 unspecified atom stereocenters. The second-order valence-electron chi connectivity index (χ2n) is 7.52. The molecule has 0 aliphatic heterocycles. The lowest BCUT2D eigenvalue weighted by Gasteiger charge is -2.28. The van der Waals surface area contributed by atoms with Gasteiger partial charge in [-0.1, -0.05) is 24.3 Å². The zero-order valence-corrected chi connectivity index (χ0v) is 20.6. The molecule has 1 heterocycles. The smallest absolute Gasteiger partial charge is 0.264 e. The predicted octanol–water partition coefficient (Wildman–Crippen LogP) is 3.76. The minimum Gasteiger partial charge on any atom is -0.497 e. The standard InChI is InChI=1S/C25H29N3O5S/c1-5-27(25(29)20-10-8-11-22(17-20)32-3)15-16-28(21-13-14-24(33-4)26-18-21)34(30,31)23-12-7-6-9-19(23)2/h6-14,17-18H,5,15-16H2,1-4H3. The normalized spacial score (nSPS) is 11.1. The number of anilines is 1. The van der Waals surface area contributed by atoms with E-state index in [0.717, 1.165) is 0 Å². The Morgan fingerprint density at radius 3 is 2.35 bits per heavy atom. The summed E-state index contributed by atoms with van der Waals surface area (Å²) in [6.07, 6.45) is 1.45. The molecule has 180 valence electrons. The Kier molecular flexibility index (Phi) is 8.12. The van der Waals surface area contributed by atoms with Crippen LogP contribution in [0, 0.1) is 6.92 Å². The Morgan fingerprint density at radius 1 is 0.971 bits per heavy atom. The number of aryl methyl sites for hydroxylation is 1. The van der Waals surface area contributed by atoms with Crippen molar-refractivity contribution >= 4 is 21.6 Å². The van der Waals surface area contributed by atoms with E-state index in [1.165, 1.54) is 17.6 Å². The van der Waals surface area contributed by atoms with E-state index in [0.29, 0.717) is 35.0 Å². The number of likely N-dealkylation sites (N-methyl/N-ethyl adjacent to an activating group) is 1. The van der Waals surface area contributed by atoms with Gasteiger partial charge in [0.15, 0.2) is 0 Å². The summed E-state index contributed by atoms with van der Waals surface area (Å²) in [6.45, 7) is 4.25. The molecule has 0 N–H and O–H groups in total. The van der Waals surface area contributed by atoms with Gasteiger partial charge in [-0.15, -0.1) is 0 Å². The fourth-order valence-electron chi connectivity index (χ4n) is 3.55. The van der Waals surface area contributed by atoms with Crippen LogP contribution in [-0.4, -0.2) is 58.1 Å². The van der Waals surface area contributed by atoms with Crippen molar-refractivity contribution in [2.45, 2.75) is 18.7 Å². The van der Waals surface area contributed by atoms with E-state index in [-0.39, 0.29) is 23.9 Å². The van der Waals surface area contributed by atoms with E-state index < -0.39 is 10.0 Å². The molecule has 34 heavy (non-hydrogen) atoms. The van der Waals surface area contributed by atoms with Crippen molar-refractivity contribution < 1.29 is 22.7 Å². The molecule has 9 heteroatoms. The third-order valence-electron chi connectivity index (χ3n) is 5.44. The number of benzene rings is 2. The van der Waals surface area contributed by atoms with Crippen LogP contribution in [0.15, 0.2) is 71.8 Å². The topological polar surface area (TPSA) is 89.0 Å². The number of amides is 1. The zero-order valence-electron chi connectivity index (χ0n) is 19.8. The van der Waals surface area contributed by atoms with E-state index in [1.54, 1.807) is 79.6 Å². The number of sulfonamides is 1. The molecule has 1 amide bonds. The van der Waals surface area contributed by atoms with E-state index in [2.05, 4.69) is 4.98 Å². The second kappa shape index (κ2) is 11.0. The van der Waals surface area contributed by atoms with Crippen molar-refractivity contribution in [2.24, 2.45) is 0 Å². The highest BCUT2D eigenvalue weighted by atomic mass is 32.2. The Bertz CT molecular complexity index is 1230. The number of carbonyl (C=O) groups is 1. The van der Waals surface area contributed by atoms with Crippen LogP contribution < -0.4 is 13.8 Å². The van der Waals surface area contributed by atoms with E-state index in [4.69, 9.17) is 9.47 Å². The van der Waals surface area contributed by atoms with Gasteiger partial charge in [0, 0.05) is 24.7 Å². The van der Waals surface area contributed by atoms with Crippen molar-refractivity contribution in [3.8, 4) is 11.6 Å². The summed E-state index contributed by atoms with van der Waals surface area (Å²) in [5.41, 5.74) is 1.49. The van der Waals surface area contributed by atoms with Crippen LogP contribution in [-0.2, 0) is 10.0 Å². The fraction of sp³-hybridized carbons (Fsp3) is 0.280. The fourth-order valence-corrected chi connectivity index (χ4v) is 5.22. The van der Waals surface area contributed by atoms with Crippen LogP contribution in [0.1, 0.15) is 22.8 Å². The molecule has 0 aliphatic carbocycles. The average molecular weight is 484 g/mol. The van der Waals surface area contributed by atoms with Gasteiger partial charge < -0.3 is 14.4 Å². The largest absolute Gasteiger partial charge is 0.497 e. The van der Waals surface area contributed by atoms with Crippen LogP contribution in [0.4, 0.5) is 5.69 Å². The predicted molar refractivity (Wildman–Crippen MR) is 131 cm³/mol. The number of pyridine rings is 1. The molecule has 0 saturated heterocycles. The Hall–Kier alpha value is -3.59. The molecule has 0 radical (unpaired) electrons. The highest BCUT2D eigenvalue weighted by Crippen LogP contribution is 2.26. The first kappa shape index (κ1) is 25.0. The molecule has 3 aromatic rings. The van der Waals surface area contributed by atoms with Gasteiger partial charge in [-0.2, -0.15) is 0 Å². The van der Waals surface area contributed by atoms with Crippen molar-refractivity contribution in [1.82, 2.24) is 9.88 Å².